The lowest BCUT2D eigenvalue weighted by molar-refractivity contribution is 0.330. The minimum Gasteiger partial charge on any atom is -0.356 e. The van der Waals surface area contributed by atoms with Gasteiger partial charge in [-0.25, -0.2) is 0 Å². The molecule has 1 heterocycles. The third-order valence-electron chi connectivity index (χ3n) is 3.99. The zero-order valence-corrected chi connectivity index (χ0v) is 16.9. The maximum atomic E-state index is 5.89. The molecule has 6 heteroatoms. The standard InChI is InChI=1S/C17H27ClN4.HI/c1-19-17(21-14-15-6-8-16(18)9-7-15)20-10-2-3-11-22-12-4-5-13-22;/h6-9H,2-5,10-14H2,1H3,(H2,19,20,21);1H. The van der Waals surface area contributed by atoms with E-state index in [-0.39, 0.29) is 24.0 Å². The van der Waals surface area contributed by atoms with Crippen molar-refractivity contribution in [2.75, 3.05) is 33.2 Å². The number of benzene rings is 1. The number of guanidine groups is 1. The summed E-state index contributed by atoms with van der Waals surface area (Å²) in [4.78, 5) is 6.82. The molecule has 23 heavy (non-hydrogen) atoms. The molecule has 0 aromatic heterocycles. The van der Waals surface area contributed by atoms with Crippen LogP contribution in [0.2, 0.25) is 5.02 Å². The van der Waals surface area contributed by atoms with Crippen molar-refractivity contribution in [2.24, 2.45) is 4.99 Å². The van der Waals surface area contributed by atoms with Gasteiger partial charge < -0.3 is 15.5 Å². The number of nitrogens with zero attached hydrogens (tertiary/aromatic N) is 2. The summed E-state index contributed by atoms with van der Waals surface area (Å²) in [5.74, 6) is 0.858. The molecule has 0 radical (unpaired) electrons. The van der Waals surface area contributed by atoms with Gasteiger partial charge in [0, 0.05) is 25.2 Å². The summed E-state index contributed by atoms with van der Waals surface area (Å²) in [6.45, 7) is 5.53. The zero-order chi connectivity index (χ0) is 15.6. The number of hydrogen-bond donors (Lipinski definition) is 2. The number of aliphatic imine (C=N–C) groups is 1. The molecule has 2 rings (SSSR count). The Bertz CT molecular complexity index is 458. The summed E-state index contributed by atoms with van der Waals surface area (Å²) in [7, 11) is 1.81. The van der Waals surface area contributed by atoms with Crippen LogP contribution in [0.1, 0.15) is 31.2 Å². The maximum Gasteiger partial charge on any atom is 0.191 e. The molecule has 1 aromatic rings. The molecular formula is C17H28ClIN4. The molecule has 0 atom stereocenters. The summed E-state index contributed by atoms with van der Waals surface area (Å²) in [5.41, 5.74) is 1.20. The Kier molecular flexibility index (Phi) is 10.6. The highest BCUT2D eigenvalue weighted by molar-refractivity contribution is 14.0. The Morgan fingerprint density at radius 1 is 1.13 bits per heavy atom. The van der Waals surface area contributed by atoms with Gasteiger partial charge >= 0.3 is 0 Å². The van der Waals surface area contributed by atoms with Crippen LogP contribution in [0.4, 0.5) is 0 Å². The van der Waals surface area contributed by atoms with Crippen molar-refractivity contribution < 1.29 is 0 Å². The third kappa shape index (κ3) is 8.22. The Balaban J connectivity index is 0.00000264. The first-order valence-electron chi connectivity index (χ1n) is 8.19. The normalized spacial score (nSPS) is 15.3. The first kappa shape index (κ1) is 20.5. The van der Waals surface area contributed by atoms with Gasteiger partial charge in [0.2, 0.25) is 0 Å². The van der Waals surface area contributed by atoms with E-state index in [1.54, 1.807) is 7.05 Å². The fourth-order valence-corrected chi connectivity index (χ4v) is 2.81. The second kappa shape index (κ2) is 11.9. The fourth-order valence-electron chi connectivity index (χ4n) is 2.68. The van der Waals surface area contributed by atoms with Gasteiger partial charge in [-0.1, -0.05) is 23.7 Å². The van der Waals surface area contributed by atoms with E-state index in [4.69, 9.17) is 11.6 Å². The van der Waals surface area contributed by atoms with Crippen LogP contribution in [0.3, 0.4) is 0 Å². The Morgan fingerprint density at radius 2 is 1.83 bits per heavy atom. The van der Waals surface area contributed by atoms with Gasteiger partial charge in [-0.2, -0.15) is 0 Å². The van der Waals surface area contributed by atoms with E-state index in [1.165, 1.54) is 50.9 Å². The Labute approximate surface area is 162 Å². The van der Waals surface area contributed by atoms with Crippen LogP contribution in [0.15, 0.2) is 29.3 Å². The van der Waals surface area contributed by atoms with E-state index < -0.39 is 0 Å². The second-order valence-electron chi connectivity index (χ2n) is 5.73. The first-order chi connectivity index (χ1) is 10.8. The van der Waals surface area contributed by atoms with Gasteiger partial charge in [-0.3, -0.25) is 4.99 Å². The molecular weight excluding hydrogens is 423 g/mol. The van der Waals surface area contributed by atoms with Crippen LogP contribution in [-0.4, -0.2) is 44.1 Å². The van der Waals surface area contributed by atoms with Crippen molar-refractivity contribution >= 4 is 41.5 Å². The van der Waals surface area contributed by atoms with Gasteiger partial charge in [-0.15, -0.1) is 24.0 Å². The monoisotopic (exact) mass is 450 g/mol. The average molecular weight is 451 g/mol. The third-order valence-corrected chi connectivity index (χ3v) is 4.24. The molecule has 0 saturated carbocycles. The lowest BCUT2D eigenvalue weighted by atomic mass is 10.2. The molecule has 0 spiro atoms. The second-order valence-corrected chi connectivity index (χ2v) is 6.17. The van der Waals surface area contributed by atoms with Gasteiger partial charge in [0.05, 0.1) is 0 Å². The predicted molar refractivity (Wildman–Crippen MR) is 110 cm³/mol. The van der Waals surface area contributed by atoms with Crippen LogP contribution in [0, 0.1) is 0 Å². The van der Waals surface area contributed by atoms with Gasteiger partial charge in [0.15, 0.2) is 5.96 Å². The van der Waals surface area contributed by atoms with Crippen molar-refractivity contribution in [1.82, 2.24) is 15.5 Å². The minimum atomic E-state index is 0. The highest BCUT2D eigenvalue weighted by Gasteiger charge is 2.09. The van der Waals surface area contributed by atoms with Crippen molar-refractivity contribution in [3.05, 3.63) is 34.9 Å². The van der Waals surface area contributed by atoms with Crippen molar-refractivity contribution in [3.8, 4) is 0 Å². The lowest BCUT2D eigenvalue weighted by Gasteiger charge is -2.15. The van der Waals surface area contributed by atoms with Crippen molar-refractivity contribution in [1.29, 1.82) is 0 Å². The molecule has 1 aromatic carbocycles. The quantitative estimate of drug-likeness (QED) is 0.289. The number of hydrogen-bond acceptors (Lipinski definition) is 2. The van der Waals surface area contributed by atoms with Crippen LogP contribution in [0.25, 0.3) is 0 Å². The van der Waals surface area contributed by atoms with Gasteiger partial charge in [0.25, 0.3) is 0 Å². The van der Waals surface area contributed by atoms with Crippen molar-refractivity contribution in [2.45, 2.75) is 32.2 Å². The number of halogens is 2. The summed E-state index contributed by atoms with van der Waals surface area (Å²) >= 11 is 5.89. The van der Waals surface area contributed by atoms with E-state index in [9.17, 15) is 0 Å². The molecule has 1 fully saturated rings. The molecule has 130 valence electrons. The van der Waals surface area contributed by atoms with Crippen LogP contribution >= 0.6 is 35.6 Å². The van der Waals surface area contributed by atoms with Crippen LogP contribution < -0.4 is 10.6 Å². The highest BCUT2D eigenvalue weighted by atomic mass is 127. The smallest absolute Gasteiger partial charge is 0.191 e. The molecule has 0 amide bonds. The SMILES string of the molecule is CN=C(NCCCCN1CCCC1)NCc1ccc(Cl)cc1.I. The molecule has 0 aliphatic carbocycles. The Hall–Kier alpha value is -0.530. The molecule has 2 N–H and O–H groups in total. The van der Waals surface area contributed by atoms with Crippen LogP contribution in [-0.2, 0) is 6.54 Å². The topological polar surface area (TPSA) is 39.7 Å². The summed E-state index contributed by atoms with van der Waals surface area (Å²) in [6, 6.07) is 7.87. The molecule has 1 saturated heterocycles. The first-order valence-corrected chi connectivity index (χ1v) is 8.57. The van der Waals surface area contributed by atoms with E-state index >= 15 is 0 Å². The zero-order valence-electron chi connectivity index (χ0n) is 13.9. The summed E-state index contributed by atoms with van der Waals surface area (Å²) in [5, 5.41) is 7.46. The van der Waals surface area contributed by atoms with Crippen molar-refractivity contribution in [3.63, 3.8) is 0 Å². The molecule has 1 aliphatic rings. The number of unbranched alkanes of at least 4 members (excludes halogenated alkanes) is 1. The minimum absolute atomic E-state index is 0. The number of rotatable bonds is 7. The van der Waals surface area contributed by atoms with E-state index in [1.807, 2.05) is 24.3 Å². The molecule has 4 nitrogen and oxygen atoms in total. The highest BCUT2D eigenvalue weighted by Crippen LogP contribution is 2.09. The Morgan fingerprint density at radius 3 is 2.48 bits per heavy atom. The fraction of sp³-hybridized carbons (Fsp3) is 0.588. The summed E-state index contributed by atoms with van der Waals surface area (Å²) < 4.78 is 0. The number of likely N-dealkylation sites (tertiary alicyclic amines) is 1. The van der Waals surface area contributed by atoms with E-state index in [0.29, 0.717) is 0 Å². The largest absolute Gasteiger partial charge is 0.356 e. The molecule has 1 aliphatic heterocycles. The van der Waals surface area contributed by atoms with E-state index in [0.717, 1.165) is 24.1 Å². The average Bonchev–Trinajstić information content (AvgIpc) is 3.05. The van der Waals surface area contributed by atoms with Gasteiger partial charge in [0.1, 0.15) is 0 Å². The molecule has 0 bridgehead atoms. The predicted octanol–water partition coefficient (Wildman–Crippen LogP) is 3.50. The molecule has 0 unspecified atom stereocenters. The van der Waals surface area contributed by atoms with Crippen LogP contribution in [0.5, 0.6) is 0 Å². The maximum absolute atomic E-state index is 5.89. The summed E-state index contributed by atoms with van der Waals surface area (Å²) in [6.07, 6.45) is 5.18. The van der Waals surface area contributed by atoms with Gasteiger partial charge in [-0.05, 0) is 63.0 Å². The lowest BCUT2D eigenvalue weighted by Crippen LogP contribution is -2.37. The van der Waals surface area contributed by atoms with E-state index in [2.05, 4.69) is 20.5 Å². The number of nitrogens with one attached hydrogen (secondary N) is 2.